The van der Waals surface area contributed by atoms with E-state index in [0.717, 1.165) is 5.39 Å². The smallest absolute Gasteiger partial charge is 0.340 e. The van der Waals surface area contributed by atoms with E-state index < -0.39 is 0 Å². The molecule has 1 heterocycles. The van der Waals surface area contributed by atoms with Crippen molar-refractivity contribution in [1.29, 1.82) is 0 Å². The third kappa shape index (κ3) is 1.70. The van der Waals surface area contributed by atoms with E-state index in [1.54, 1.807) is 24.3 Å². The monoisotopic (exact) mass is 272 g/mol. The third-order valence-electron chi connectivity index (χ3n) is 1.91. The average molecular weight is 274 g/mol. The largest absolute Gasteiger partial charge is 0.423 e. The van der Waals surface area contributed by atoms with Crippen LogP contribution < -0.4 is 5.63 Å². The molecule has 0 saturated carbocycles. The highest BCUT2D eigenvalue weighted by molar-refractivity contribution is 9.08. The summed E-state index contributed by atoms with van der Waals surface area (Å²) >= 11 is 9.04. The molecule has 0 spiro atoms. The van der Waals surface area contributed by atoms with Gasteiger partial charge in [0.1, 0.15) is 5.58 Å². The number of benzene rings is 1. The molecule has 1 aromatic heterocycles. The summed E-state index contributed by atoms with van der Waals surface area (Å²) in [6.07, 6.45) is 0. The molecule has 4 heteroatoms. The minimum Gasteiger partial charge on any atom is -0.423 e. The number of hydrogen-bond donors (Lipinski definition) is 0. The van der Waals surface area contributed by atoms with Crippen molar-refractivity contribution in [2.45, 2.75) is 5.33 Å². The molecule has 0 atom stereocenters. The molecule has 2 rings (SSSR count). The van der Waals surface area contributed by atoms with Gasteiger partial charge in [0.25, 0.3) is 0 Å². The van der Waals surface area contributed by atoms with Gasteiger partial charge < -0.3 is 4.42 Å². The number of fused-ring (bicyclic) bond motifs is 1. The first-order valence-corrected chi connectivity index (χ1v) is 5.49. The van der Waals surface area contributed by atoms with Crippen LogP contribution in [0.5, 0.6) is 0 Å². The van der Waals surface area contributed by atoms with Gasteiger partial charge >= 0.3 is 5.63 Å². The van der Waals surface area contributed by atoms with E-state index in [0.29, 0.717) is 21.5 Å². The van der Waals surface area contributed by atoms with Crippen molar-refractivity contribution in [3.63, 3.8) is 0 Å². The predicted molar refractivity (Wildman–Crippen MR) is 60.1 cm³/mol. The molecule has 14 heavy (non-hydrogen) atoms. The molecule has 0 unspecified atom stereocenters. The molecule has 0 saturated heterocycles. The summed E-state index contributed by atoms with van der Waals surface area (Å²) < 4.78 is 5.09. The quantitative estimate of drug-likeness (QED) is 0.589. The first-order valence-electron chi connectivity index (χ1n) is 3.99. The van der Waals surface area contributed by atoms with Crippen molar-refractivity contribution in [3.05, 3.63) is 45.3 Å². The van der Waals surface area contributed by atoms with Gasteiger partial charge in [0.05, 0.1) is 0 Å². The van der Waals surface area contributed by atoms with Gasteiger partial charge in [-0.05, 0) is 24.3 Å². The normalized spacial score (nSPS) is 10.7. The molecule has 2 aromatic rings. The van der Waals surface area contributed by atoms with Gasteiger partial charge in [0.2, 0.25) is 0 Å². The molecule has 0 amide bonds. The molecule has 2 nitrogen and oxygen atoms in total. The molecular weight excluding hydrogens is 267 g/mol. The molecule has 1 aromatic carbocycles. The van der Waals surface area contributed by atoms with Crippen LogP contribution >= 0.6 is 27.5 Å². The fourth-order valence-electron chi connectivity index (χ4n) is 1.23. The lowest BCUT2D eigenvalue weighted by Gasteiger charge is -1.99. The number of hydrogen-bond acceptors (Lipinski definition) is 2. The van der Waals surface area contributed by atoms with Crippen LogP contribution in [0.2, 0.25) is 5.02 Å². The predicted octanol–water partition coefficient (Wildman–Crippen LogP) is 3.34. The third-order valence-corrected chi connectivity index (χ3v) is 2.75. The molecule has 0 N–H and O–H groups in total. The molecule has 0 aliphatic carbocycles. The summed E-state index contributed by atoms with van der Waals surface area (Å²) in [5.74, 6) is 0. The standard InChI is InChI=1S/C10H6BrClO2/c11-5-7-3-6-4-8(12)1-2-9(6)14-10(7)13/h1-4H,5H2. The molecule has 0 bridgehead atoms. The second-order valence-electron chi connectivity index (χ2n) is 2.87. The fraction of sp³-hybridized carbons (Fsp3) is 0.100. The second-order valence-corrected chi connectivity index (χ2v) is 3.87. The Balaban J connectivity index is 2.80. The van der Waals surface area contributed by atoms with Crippen molar-refractivity contribution in [2.75, 3.05) is 0 Å². The van der Waals surface area contributed by atoms with Gasteiger partial charge in [-0.25, -0.2) is 4.79 Å². The topological polar surface area (TPSA) is 30.2 Å². The van der Waals surface area contributed by atoms with Crippen molar-refractivity contribution in [1.82, 2.24) is 0 Å². The zero-order valence-corrected chi connectivity index (χ0v) is 9.43. The van der Waals surface area contributed by atoms with Crippen LogP contribution in [0.1, 0.15) is 5.56 Å². The molecule has 72 valence electrons. The fourth-order valence-corrected chi connectivity index (χ4v) is 1.80. The maximum absolute atomic E-state index is 11.3. The Labute approximate surface area is 93.6 Å². The van der Waals surface area contributed by atoms with E-state index in [1.165, 1.54) is 0 Å². The van der Waals surface area contributed by atoms with E-state index in [-0.39, 0.29) is 5.63 Å². The second kappa shape index (κ2) is 3.75. The first-order chi connectivity index (χ1) is 6.70. The van der Waals surface area contributed by atoms with Gasteiger partial charge in [-0.1, -0.05) is 27.5 Å². The van der Waals surface area contributed by atoms with Gasteiger partial charge in [-0.2, -0.15) is 0 Å². The van der Waals surface area contributed by atoms with Crippen LogP contribution in [0.15, 0.2) is 33.5 Å². The average Bonchev–Trinajstić information content (AvgIpc) is 2.17. The van der Waals surface area contributed by atoms with Crippen LogP contribution in [0.4, 0.5) is 0 Å². The Morgan fingerprint density at radius 3 is 2.86 bits per heavy atom. The Morgan fingerprint density at radius 1 is 1.36 bits per heavy atom. The summed E-state index contributed by atoms with van der Waals surface area (Å²) in [6, 6.07) is 6.94. The number of halogens is 2. The van der Waals surface area contributed by atoms with E-state index in [9.17, 15) is 4.79 Å². The highest BCUT2D eigenvalue weighted by Gasteiger charge is 2.03. The lowest BCUT2D eigenvalue weighted by molar-refractivity contribution is 0.554. The van der Waals surface area contributed by atoms with E-state index in [4.69, 9.17) is 16.0 Å². The van der Waals surface area contributed by atoms with Crippen molar-refractivity contribution < 1.29 is 4.42 Å². The molecule has 0 aliphatic heterocycles. The van der Waals surface area contributed by atoms with Crippen LogP contribution in [-0.4, -0.2) is 0 Å². The van der Waals surface area contributed by atoms with Gasteiger partial charge in [-0.15, -0.1) is 0 Å². The van der Waals surface area contributed by atoms with Crippen LogP contribution in [0.25, 0.3) is 11.0 Å². The molecular formula is C10H6BrClO2. The Kier molecular flexibility index (Phi) is 2.61. The number of alkyl halides is 1. The zero-order valence-electron chi connectivity index (χ0n) is 7.09. The van der Waals surface area contributed by atoms with Crippen molar-refractivity contribution in [3.8, 4) is 0 Å². The van der Waals surface area contributed by atoms with E-state index in [2.05, 4.69) is 15.9 Å². The van der Waals surface area contributed by atoms with Gasteiger partial charge in [0, 0.05) is 21.3 Å². The van der Waals surface area contributed by atoms with Gasteiger partial charge in [0.15, 0.2) is 0 Å². The van der Waals surface area contributed by atoms with Crippen molar-refractivity contribution in [2.24, 2.45) is 0 Å². The van der Waals surface area contributed by atoms with E-state index >= 15 is 0 Å². The summed E-state index contributed by atoms with van der Waals surface area (Å²) in [4.78, 5) is 11.3. The minimum atomic E-state index is -0.309. The SMILES string of the molecule is O=c1oc2ccc(Cl)cc2cc1CBr. The first kappa shape index (κ1) is 9.74. The summed E-state index contributed by atoms with van der Waals surface area (Å²) in [6.45, 7) is 0. The van der Waals surface area contributed by atoms with E-state index in [1.807, 2.05) is 0 Å². The molecule has 0 fully saturated rings. The molecule has 0 radical (unpaired) electrons. The summed E-state index contributed by atoms with van der Waals surface area (Å²) in [5, 5.41) is 1.95. The van der Waals surface area contributed by atoms with Crippen molar-refractivity contribution >= 4 is 38.5 Å². The Hall–Kier alpha value is -0.800. The van der Waals surface area contributed by atoms with Gasteiger partial charge in [-0.3, -0.25) is 0 Å². The highest BCUT2D eigenvalue weighted by atomic mass is 79.9. The Bertz CT molecular complexity index is 533. The zero-order chi connectivity index (χ0) is 10.1. The molecule has 0 aliphatic rings. The Morgan fingerprint density at radius 2 is 2.14 bits per heavy atom. The lowest BCUT2D eigenvalue weighted by Crippen LogP contribution is -2.04. The maximum atomic E-state index is 11.3. The number of rotatable bonds is 1. The lowest BCUT2D eigenvalue weighted by atomic mass is 10.2. The highest BCUT2D eigenvalue weighted by Crippen LogP contribution is 2.19. The summed E-state index contributed by atoms with van der Waals surface area (Å²) in [5.41, 5.74) is 0.848. The maximum Gasteiger partial charge on any atom is 0.340 e. The minimum absolute atomic E-state index is 0.309. The van der Waals surface area contributed by atoms with Crippen LogP contribution in [0, 0.1) is 0 Å². The summed E-state index contributed by atoms with van der Waals surface area (Å²) in [7, 11) is 0. The van der Waals surface area contributed by atoms with Crippen LogP contribution in [-0.2, 0) is 5.33 Å². The van der Waals surface area contributed by atoms with Crippen LogP contribution in [0.3, 0.4) is 0 Å².